The Kier molecular flexibility index (Phi) is 7.23. The summed E-state index contributed by atoms with van der Waals surface area (Å²) in [6.07, 6.45) is 8.91. The molecule has 0 saturated carbocycles. The molecular weight excluding hydrogens is 430 g/mol. The van der Waals surface area contributed by atoms with Crippen LogP contribution in [0.4, 0.5) is 23.1 Å². The predicted molar refractivity (Wildman–Crippen MR) is 134 cm³/mol. The second-order valence-corrected chi connectivity index (χ2v) is 8.66. The molecular formula is C24H31N9O. The smallest absolute Gasteiger partial charge is 0.269 e. The first kappa shape index (κ1) is 23.4. The van der Waals surface area contributed by atoms with Gasteiger partial charge in [-0.3, -0.25) is 19.8 Å². The highest BCUT2D eigenvalue weighted by Gasteiger charge is 2.40. The summed E-state index contributed by atoms with van der Waals surface area (Å²) in [6, 6.07) is 7.01. The zero-order chi connectivity index (χ0) is 24.1. The topological polar surface area (TPSA) is 134 Å². The van der Waals surface area contributed by atoms with Crippen LogP contribution in [0.3, 0.4) is 0 Å². The third-order valence-electron chi connectivity index (χ3n) is 6.55. The SMILES string of the molecule is C=Nc1cc(Nc2cc(C(=O)NC)[nH]n2)nc(NC2C[C@H]3CC[C@@H](C2)N3CCC#N)c1/C=C\C. The van der Waals surface area contributed by atoms with Crippen LogP contribution in [0.25, 0.3) is 6.08 Å². The molecule has 2 saturated heterocycles. The quantitative estimate of drug-likeness (QED) is 0.419. The van der Waals surface area contributed by atoms with Crippen LogP contribution in [-0.2, 0) is 0 Å². The lowest BCUT2D eigenvalue weighted by Gasteiger charge is -2.39. The number of hydrogen-bond acceptors (Lipinski definition) is 8. The van der Waals surface area contributed by atoms with E-state index in [1.54, 1.807) is 13.1 Å². The molecule has 1 amide bonds. The van der Waals surface area contributed by atoms with E-state index in [1.807, 2.05) is 25.1 Å². The van der Waals surface area contributed by atoms with Crippen LogP contribution in [0.1, 0.15) is 55.1 Å². The number of pyridine rings is 1. The molecule has 2 aromatic heterocycles. The molecule has 1 unspecified atom stereocenters. The van der Waals surface area contributed by atoms with Crippen molar-refractivity contribution in [2.45, 2.75) is 57.2 Å². The van der Waals surface area contributed by atoms with Crippen LogP contribution in [0.2, 0.25) is 0 Å². The number of aromatic amines is 1. The number of piperidine rings is 1. The van der Waals surface area contributed by atoms with E-state index < -0.39 is 0 Å². The van der Waals surface area contributed by atoms with E-state index in [4.69, 9.17) is 10.2 Å². The number of carbonyl (C=O) groups is 1. The summed E-state index contributed by atoms with van der Waals surface area (Å²) in [5, 5.41) is 25.3. The van der Waals surface area contributed by atoms with E-state index in [1.165, 1.54) is 12.8 Å². The maximum Gasteiger partial charge on any atom is 0.269 e. The largest absolute Gasteiger partial charge is 0.367 e. The van der Waals surface area contributed by atoms with Gasteiger partial charge in [0, 0.05) is 55.8 Å². The number of aromatic nitrogens is 3. The fourth-order valence-electron chi connectivity index (χ4n) is 5.07. The number of allylic oxidation sites excluding steroid dienone is 1. The molecule has 2 bridgehead atoms. The van der Waals surface area contributed by atoms with Crippen molar-refractivity contribution >= 4 is 41.8 Å². The minimum Gasteiger partial charge on any atom is -0.367 e. The zero-order valence-corrected chi connectivity index (χ0v) is 19.6. The lowest BCUT2D eigenvalue weighted by molar-refractivity contribution is 0.0958. The lowest BCUT2D eigenvalue weighted by atomic mass is 9.96. The van der Waals surface area contributed by atoms with Gasteiger partial charge in [-0.05, 0) is 39.3 Å². The van der Waals surface area contributed by atoms with Gasteiger partial charge in [-0.15, -0.1) is 0 Å². The van der Waals surface area contributed by atoms with Crippen molar-refractivity contribution in [3.8, 4) is 6.07 Å². The Morgan fingerprint density at radius 3 is 2.76 bits per heavy atom. The minimum atomic E-state index is -0.247. The van der Waals surface area contributed by atoms with Crippen molar-refractivity contribution in [1.29, 1.82) is 5.26 Å². The van der Waals surface area contributed by atoms with E-state index in [0.717, 1.165) is 30.8 Å². The van der Waals surface area contributed by atoms with Crippen LogP contribution < -0.4 is 16.0 Å². The number of amides is 1. The zero-order valence-electron chi connectivity index (χ0n) is 19.6. The number of H-pyrrole nitrogens is 1. The van der Waals surface area contributed by atoms with Gasteiger partial charge in [-0.2, -0.15) is 10.4 Å². The fraction of sp³-hybridized carbons (Fsp3) is 0.458. The Morgan fingerprint density at radius 1 is 1.35 bits per heavy atom. The summed E-state index contributed by atoms with van der Waals surface area (Å²) in [6.45, 7) is 6.56. The van der Waals surface area contributed by atoms with Crippen LogP contribution >= 0.6 is 0 Å². The van der Waals surface area contributed by atoms with E-state index in [9.17, 15) is 4.79 Å². The summed E-state index contributed by atoms with van der Waals surface area (Å²) in [4.78, 5) is 23.4. The van der Waals surface area contributed by atoms with Gasteiger partial charge in [0.05, 0.1) is 11.8 Å². The standard InChI is InChI=1S/C24H31N9O/c1-4-6-18-19(26-2)13-21(29-22-14-20(31-32-22)24(34)27-3)30-23(18)28-15-11-16-7-8-17(12-15)33(16)10-5-9-25/h4,6,13-17H,2,5,7-8,10-12H2,1,3H3,(H,27,34)(H3,28,29,30,31,32)/b6-4-/t15?,16-,17+. The lowest BCUT2D eigenvalue weighted by Crippen LogP contribution is -2.47. The maximum absolute atomic E-state index is 11.8. The number of rotatable bonds is 9. The number of anilines is 3. The normalized spacial score (nSPS) is 21.9. The molecule has 0 aromatic carbocycles. The molecule has 0 aliphatic carbocycles. The third-order valence-corrected chi connectivity index (χ3v) is 6.55. The number of aliphatic imine (C=N–C) groups is 1. The molecule has 4 rings (SSSR count). The van der Waals surface area contributed by atoms with Crippen molar-refractivity contribution in [3.05, 3.63) is 29.5 Å². The van der Waals surface area contributed by atoms with Crippen molar-refractivity contribution in [3.63, 3.8) is 0 Å². The molecule has 0 radical (unpaired) electrons. The van der Waals surface area contributed by atoms with Crippen LogP contribution in [0.15, 0.2) is 23.2 Å². The highest BCUT2D eigenvalue weighted by atomic mass is 16.1. The number of nitriles is 1. The number of hydrogen-bond donors (Lipinski definition) is 4. The molecule has 4 heterocycles. The first-order chi connectivity index (χ1) is 16.6. The predicted octanol–water partition coefficient (Wildman–Crippen LogP) is 3.59. The fourth-order valence-corrected chi connectivity index (χ4v) is 5.07. The van der Waals surface area contributed by atoms with E-state index in [-0.39, 0.29) is 11.9 Å². The van der Waals surface area contributed by atoms with E-state index in [0.29, 0.717) is 41.5 Å². The molecule has 3 atom stereocenters. The van der Waals surface area contributed by atoms with Gasteiger partial charge in [0.1, 0.15) is 17.3 Å². The van der Waals surface area contributed by atoms with Gasteiger partial charge in [0.15, 0.2) is 5.82 Å². The second-order valence-electron chi connectivity index (χ2n) is 8.66. The Labute approximate surface area is 199 Å². The Morgan fingerprint density at radius 2 is 2.12 bits per heavy atom. The van der Waals surface area contributed by atoms with Gasteiger partial charge in [-0.25, -0.2) is 4.98 Å². The van der Waals surface area contributed by atoms with Crippen LogP contribution in [0, 0.1) is 11.3 Å². The molecule has 2 fully saturated rings. The Balaban J connectivity index is 1.56. The van der Waals surface area contributed by atoms with E-state index in [2.05, 4.69) is 48.8 Å². The minimum absolute atomic E-state index is 0.247. The molecule has 2 aliphatic rings. The molecule has 178 valence electrons. The van der Waals surface area contributed by atoms with Crippen LogP contribution in [0.5, 0.6) is 0 Å². The first-order valence-corrected chi connectivity index (χ1v) is 11.6. The number of nitrogens with one attached hydrogen (secondary N) is 4. The summed E-state index contributed by atoms with van der Waals surface area (Å²) in [5.74, 6) is 1.53. The molecule has 10 heteroatoms. The van der Waals surface area contributed by atoms with Gasteiger partial charge < -0.3 is 16.0 Å². The average molecular weight is 462 g/mol. The van der Waals surface area contributed by atoms with Crippen molar-refractivity contribution in [2.75, 3.05) is 24.2 Å². The van der Waals surface area contributed by atoms with Gasteiger partial charge in [0.2, 0.25) is 0 Å². The Hall–Kier alpha value is -3.71. The summed E-state index contributed by atoms with van der Waals surface area (Å²) in [7, 11) is 1.57. The number of nitrogens with zero attached hydrogens (tertiary/aromatic N) is 5. The monoisotopic (exact) mass is 461 g/mol. The van der Waals surface area contributed by atoms with Crippen LogP contribution in [-0.4, -0.2) is 64.4 Å². The molecule has 34 heavy (non-hydrogen) atoms. The number of fused-ring (bicyclic) bond motifs is 2. The molecule has 0 spiro atoms. The Bertz CT molecular complexity index is 1100. The van der Waals surface area contributed by atoms with Crippen molar-refractivity contribution < 1.29 is 4.79 Å². The summed E-state index contributed by atoms with van der Waals surface area (Å²) < 4.78 is 0. The van der Waals surface area contributed by atoms with Crippen molar-refractivity contribution in [2.24, 2.45) is 4.99 Å². The van der Waals surface area contributed by atoms with Gasteiger partial charge in [0.25, 0.3) is 5.91 Å². The highest BCUT2D eigenvalue weighted by molar-refractivity contribution is 5.93. The summed E-state index contributed by atoms with van der Waals surface area (Å²) in [5.41, 5.74) is 1.94. The van der Waals surface area contributed by atoms with E-state index >= 15 is 0 Å². The highest BCUT2D eigenvalue weighted by Crippen LogP contribution is 2.38. The van der Waals surface area contributed by atoms with Crippen molar-refractivity contribution in [1.82, 2.24) is 25.4 Å². The van der Waals surface area contributed by atoms with Gasteiger partial charge >= 0.3 is 0 Å². The third kappa shape index (κ3) is 4.94. The average Bonchev–Trinajstić information content (AvgIpc) is 3.39. The maximum atomic E-state index is 11.8. The number of carbonyl (C=O) groups excluding carboxylic acids is 1. The first-order valence-electron chi connectivity index (χ1n) is 11.6. The second kappa shape index (κ2) is 10.5. The molecule has 2 aliphatic heterocycles. The molecule has 4 N–H and O–H groups in total. The van der Waals surface area contributed by atoms with Gasteiger partial charge in [-0.1, -0.05) is 12.2 Å². The molecule has 2 aromatic rings. The molecule has 10 nitrogen and oxygen atoms in total. The summed E-state index contributed by atoms with van der Waals surface area (Å²) >= 11 is 0.